The highest BCUT2D eigenvalue weighted by Gasteiger charge is 2.24. The molecule has 1 amide bonds. The fourth-order valence-electron chi connectivity index (χ4n) is 1.82. The van der Waals surface area contributed by atoms with Crippen LogP contribution in [0, 0.1) is 0 Å². The van der Waals surface area contributed by atoms with E-state index in [2.05, 4.69) is 10.2 Å². The summed E-state index contributed by atoms with van der Waals surface area (Å²) in [5.41, 5.74) is 5.79. The highest BCUT2D eigenvalue weighted by molar-refractivity contribution is 5.85. The van der Waals surface area contributed by atoms with Crippen molar-refractivity contribution in [3.05, 3.63) is 0 Å². The minimum absolute atomic E-state index is 0. The number of halogens is 2. The molecule has 0 aromatic rings. The van der Waals surface area contributed by atoms with E-state index < -0.39 is 0 Å². The standard InChI is InChI=1S/C10H19N3O.2ClH/c11-8-3-5-13(6-4-8)7-10(14)12-9-1-2-9;;/h8-9H,1-7,11H2,(H,12,14);2*1H. The molecule has 1 saturated heterocycles. The van der Waals surface area contributed by atoms with Crippen LogP contribution >= 0.6 is 24.8 Å². The maximum absolute atomic E-state index is 11.5. The van der Waals surface area contributed by atoms with Gasteiger partial charge in [-0.1, -0.05) is 0 Å². The number of carbonyl (C=O) groups excluding carboxylic acids is 1. The van der Waals surface area contributed by atoms with Crippen LogP contribution < -0.4 is 11.1 Å². The first-order chi connectivity index (χ1) is 6.74. The molecule has 6 heteroatoms. The normalized spacial score (nSPS) is 21.8. The smallest absolute Gasteiger partial charge is 0.234 e. The molecular weight excluding hydrogens is 249 g/mol. The Morgan fingerprint density at radius 1 is 1.19 bits per heavy atom. The Morgan fingerprint density at radius 2 is 1.75 bits per heavy atom. The highest BCUT2D eigenvalue weighted by Crippen LogP contribution is 2.18. The molecule has 2 fully saturated rings. The van der Waals surface area contributed by atoms with E-state index in [9.17, 15) is 4.79 Å². The van der Waals surface area contributed by atoms with E-state index in [-0.39, 0.29) is 30.7 Å². The summed E-state index contributed by atoms with van der Waals surface area (Å²) in [7, 11) is 0. The monoisotopic (exact) mass is 269 g/mol. The minimum atomic E-state index is 0. The van der Waals surface area contributed by atoms with E-state index in [1.54, 1.807) is 0 Å². The number of carbonyl (C=O) groups is 1. The van der Waals surface area contributed by atoms with Crippen LogP contribution in [0.25, 0.3) is 0 Å². The van der Waals surface area contributed by atoms with Gasteiger partial charge in [-0.3, -0.25) is 9.69 Å². The van der Waals surface area contributed by atoms with Gasteiger partial charge >= 0.3 is 0 Å². The number of nitrogens with zero attached hydrogens (tertiary/aromatic N) is 1. The predicted molar refractivity (Wildman–Crippen MR) is 69.3 cm³/mol. The van der Waals surface area contributed by atoms with Crippen molar-refractivity contribution in [1.29, 1.82) is 0 Å². The number of rotatable bonds is 3. The van der Waals surface area contributed by atoms with Crippen molar-refractivity contribution in [2.75, 3.05) is 19.6 Å². The van der Waals surface area contributed by atoms with Crippen molar-refractivity contribution in [2.45, 2.75) is 37.8 Å². The molecule has 3 N–H and O–H groups in total. The summed E-state index contributed by atoms with van der Waals surface area (Å²) in [4.78, 5) is 13.7. The van der Waals surface area contributed by atoms with Gasteiger partial charge in [0, 0.05) is 25.2 Å². The molecule has 4 nitrogen and oxygen atoms in total. The highest BCUT2D eigenvalue weighted by atomic mass is 35.5. The van der Waals surface area contributed by atoms with Crippen LogP contribution in [0.4, 0.5) is 0 Å². The number of hydrogen-bond donors (Lipinski definition) is 2. The van der Waals surface area contributed by atoms with Gasteiger partial charge in [0.25, 0.3) is 0 Å². The zero-order chi connectivity index (χ0) is 9.97. The van der Waals surface area contributed by atoms with Crippen molar-refractivity contribution in [3.8, 4) is 0 Å². The number of hydrogen-bond acceptors (Lipinski definition) is 3. The lowest BCUT2D eigenvalue weighted by molar-refractivity contribution is -0.122. The van der Waals surface area contributed by atoms with Gasteiger partial charge in [0.1, 0.15) is 0 Å². The molecule has 0 aromatic heterocycles. The Hall–Kier alpha value is -0.0300. The van der Waals surface area contributed by atoms with Crippen molar-refractivity contribution in [1.82, 2.24) is 10.2 Å². The fourth-order valence-corrected chi connectivity index (χ4v) is 1.82. The topological polar surface area (TPSA) is 58.4 Å². The van der Waals surface area contributed by atoms with Gasteiger partial charge in [0.05, 0.1) is 6.54 Å². The minimum Gasteiger partial charge on any atom is -0.352 e. The van der Waals surface area contributed by atoms with Crippen molar-refractivity contribution in [3.63, 3.8) is 0 Å². The van der Waals surface area contributed by atoms with Gasteiger partial charge < -0.3 is 11.1 Å². The number of piperidine rings is 1. The molecular formula is C10H21Cl2N3O. The fraction of sp³-hybridized carbons (Fsp3) is 0.900. The molecule has 1 heterocycles. The molecule has 0 spiro atoms. The lowest BCUT2D eigenvalue weighted by Crippen LogP contribution is -2.44. The largest absolute Gasteiger partial charge is 0.352 e. The molecule has 1 aliphatic heterocycles. The first-order valence-electron chi connectivity index (χ1n) is 5.51. The van der Waals surface area contributed by atoms with Crippen LogP contribution in [0.15, 0.2) is 0 Å². The Bertz CT molecular complexity index is 216. The summed E-state index contributed by atoms with van der Waals surface area (Å²) in [6.45, 7) is 2.50. The summed E-state index contributed by atoms with van der Waals surface area (Å²) in [6, 6.07) is 0.826. The van der Waals surface area contributed by atoms with E-state index in [1.165, 1.54) is 0 Å². The zero-order valence-corrected chi connectivity index (χ0v) is 11.0. The summed E-state index contributed by atoms with van der Waals surface area (Å²) >= 11 is 0. The molecule has 2 rings (SSSR count). The van der Waals surface area contributed by atoms with E-state index in [4.69, 9.17) is 5.73 Å². The Labute approximate surface area is 109 Å². The average Bonchev–Trinajstić information content (AvgIpc) is 2.93. The summed E-state index contributed by atoms with van der Waals surface area (Å²) in [5.74, 6) is 0.183. The molecule has 0 unspecified atom stereocenters. The number of amides is 1. The Balaban J connectivity index is 0.00000112. The van der Waals surface area contributed by atoms with Gasteiger partial charge in [0.2, 0.25) is 5.91 Å². The number of nitrogens with one attached hydrogen (secondary N) is 1. The van der Waals surface area contributed by atoms with Gasteiger partial charge in [-0.2, -0.15) is 0 Å². The first-order valence-corrected chi connectivity index (χ1v) is 5.51. The SMILES string of the molecule is Cl.Cl.NC1CCN(CC(=O)NC2CC2)CC1. The van der Waals surface area contributed by atoms with Gasteiger partial charge in [-0.05, 0) is 25.7 Å². The van der Waals surface area contributed by atoms with E-state index in [0.717, 1.165) is 38.8 Å². The third-order valence-corrected chi connectivity index (χ3v) is 2.94. The second-order valence-electron chi connectivity index (χ2n) is 4.46. The lowest BCUT2D eigenvalue weighted by Gasteiger charge is -2.29. The van der Waals surface area contributed by atoms with E-state index in [0.29, 0.717) is 18.6 Å². The Morgan fingerprint density at radius 3 is 2.25 bits per heavy atom. The summed E-state index contributed by atoms with van der Waals surface area (Å²) < 4.78 is 0. The lowest BCUT2D eigenvalue weighted by atomic mass is 10.1. The molecule has 0 bridgehead atoms. The second kappa shape index (κ2) is 7.33. The third-order valence-electron chi connectivity index (χ3n) is 2.94. The maximum Gasteiger partial charge on any atom is 0.234 e. The molecule has 96 valence electrons. The van der Waals surface area contributed by atoms with Gasteiger partial charge in [-0.15, -0.1) is 24.8 Å². The van der Waals surface area contributed by atoms with Crippen LogP contribution in [0.5, 0.6) is 0 Å². The molecule has 2 aliphatic rings. The third kappa shape index (κ3) is 5.34. The van der Waals surface area contributed by atoms with Crippen LogP contribution in [0.1, 0.15) is 25.7 Å². The van der Waals surface area contributed by atoms with Crippen molar-refractivity contribution in [2.24, 2.45) is 5.73 Å². The van der Waals surface area contributed by atoms with Crippen LogP contribution in [-0.4, -0.2) is 42.5 Å². The molecule has 0 radical (unpaired) electrons. The zero-order valence-electron chi connectivity index (χ0n) is 9.35. The number of nitrogens with two attached hydrogens (primary N) is 1. The average molecular weight is 270 g/mol. The van der Waals surface area contributed by atoms with E-state index >= 15 is 0 Å². The van der Waals surface area contributed by atoms with Crippen molar-refractivity contribution < 1.29 is 4.79 Å². The number of likely N-dealkylation sites (tertiary alicyclic amines) is 1. The van der Waals surface area contributed by atoms with Crippen LogP contribution in [0.2, 0.25) is 0 Å². The van der Waals surface area contributed by atoms with Crippen molar-refractivity contribution >= 4 is 30.7 Å². The molecule has 16 heavy (non-hydrogen) atoms. The van der Waals surface area contributed by atoms with Crippen LogP contribution in [0.3, 0.4) is 0 Å². The van der Waals surface area contributed by atoms with Gasteiger partial charge in [-0.25, -0.2) is 0 Å². The second-order valence-corrected chi connectivity index (χ2v) is 4.46. The van der Waals surface area contributed by atoms with Gasteiger partial charge in [0.15, 0.2) is 0 Å². The van der Waals surface area contributed by atoms with E-state index in [1.807, 2.05) is 0 Å². The summed E-state index contributed by atoms with van der Waals surface area (Å²) in [6.07, 6.45) is 4.38. The van der Waals surface area contributed by atoms with Crippen LogP contribution in [-0.2, 0) is 4.79 Å². The quantitative estimate of drug-likeness (QED) is 0.786. The molecule has 0 atom stereocenters. The predicted octanol–water partition coefficient (Wildman–Crippen LogP) is 0.532. The molecule has 1 saturated carbocycles. The molecule has 0 aromatic carbocycles. The molecule has 1 aliphatic carbocycles. The maximum atomic E-state index is 11.5. The summed E-state index contributed by atoms with van der Waals surface area (Å²) in [5, 5.41) is 3.00. The Kier molecular flexibility index (Phi) is 7.31. The first kappa shape index (κ1) is 16.0.